The van der Waals surface area contributed by atoms with Gasteiger partial charge in [-0.3, -0.25) is 4.79 Å². The Kier molecular flexibility index (Phi) is 5.54. The second kappa shape index (κ2) is 7.60. The van der Waals surface area contributed by atoms with Crippen LogP contribution in [0.2, 0.25) is 0 Å². The summed E-state index contributed by atoms with van der Waals surface area (Å²) in [5, 5.41) is 2.89. The minimum absolute atomic E-state index is 0.111. The molecular formula is C20H23NO. The van der Waals surface area contributed by atoms with Crippen LogP contribution in [0.5, 0.6) is 0 Å². The number of benzene rings is 2. The van der Waals surface area contributed by atoms with Gasteiger partial charge in [0.15, 0.2) is 0 Å². The van der Waals surface area contributed by atoms with E-state index in [0.717, 1.165) is 23.2 Å². The van der Waals surface area contributed by atoms with Gasteiger partial charge in [-0.25, -0.2) is 0 Å². The van der Waals surface area contributed by atoms with E-state index in [9.17, 15) is 4.79 Å². The van der Waals surface area contributed by atoms with Gasteiger partial charge >= 0.3 is 0 Å². The first-order valence-electron chi connectivity index (χ1n) is 7.68. The molecule has 0 heterocycles. The van der Waals surface area contributed by atoms with E-state index in [0.29, 0.717) is 5.92 Å². The summed E-state index contributed by atoms with van der Waals surface area (Å²) in [6.07, 6.45) is 4.49. The van der Waals surface area contributed by atoms with Gasteiger partial charge in [-0.05, 0) is 48.1 Å². The lowest BCUT2D eigenvalue weighted by molar-refractivity contribution is -0.111. The maximum Gasteiger partial charge on any atom is 0.248 e. The normalized spacial score (nSPS) is 11.1. The molecule has 0 spiro atoms. The number of anilines is 1. The SMILES string of the molecule is Cc1ccccc1NC(=O)/C=C/c1ccc(CC(C)C)cc1. The van der Waals surface area contributed by atoms with Crippen LogP contribution in [0.4, 0.5) is 5.69 Å². The van der Waals surface area contributed by atoms with Crippen LogP contribution in [0.1, 0.15) is 30.5 Å². The van der Waals surface area contributed by atoms with Gasteiger partial charge in [0, 0.05) is 11.8 Å². The van der Waals surface area contributed by atoms with Crippen LogP contribution in [0.25, 0.3) is 6.08 Å². The summed E-state index contributed by atoms with van der Waals surface area (Å²) in [5.74, 6) is 0.543. The average molecular weight is 293 g/mol. The minimum atomic E-state index is -0.111. The number of hydrogen-bond acceptors (Lipinski definition) is 1. The van der Waals surface area contributed by atoms with E-state index in [1.807, 2.05) is 37.3 Å². The number of nitrogens with one attached hydrogen (secondary N) is 1. The Morgan fingerprint density at radius 3 is 2.41 bits per heavy atom. The molecule has 2 heteroatoms. The van der Waals surface area contributed by atoms with Crippen molar-refractivity contribution in [3.63, 3.8) is 0 Å². The highest BCUT2D eigenvalue weighted by atomic mass is 16.1. The van der Waals surface area contributed by atoms with Crippen molar-refractivity contribution in [1.82, 2.24) is 0 Å². The Hall–Kier alpha value is -2.35. The molecule has 2 rings (SSSR count). The fourth-order valence-corrected chi connectivity index (χ4v) is 2.30. The zero-order chi connectivity index (χ0) is 15.9. The largest absolute Gasteiger partial charge is 0.322 e. The molecular weight excluding hydrogens is 270 g/mol. The fourth-order valence-electron chi connectivity index (χ4n) is 2.30. The molecule has 0 atom stereocenters. The number of hydrogen-bond donors (Lipinski definition) is 1. The molecule has 114 valence electrons. The molecule has 0 aliphatic heterocycles. The third kappa shape index (κ3) is 4.88. The molecule has 2 nitrogen and oxygen atoms in total. The first-order valence-corrected chi connectivity index (χ1v) is 7.68. The molecule has 0 aliphatic carbocycles. The maximum absolute atomic E-state index is 12.0. The Bertz CT molecular complexity index is 654. The Labute approximate surface area is 132 Å². The van der Waals surface area contributed by atoms with Gasteiger partial charge in [0.05, 0.1) is 0 Å². The van der Waals surface area contributed by atoms with E-state index in [-0.39, 0.29) is 5.91 Å². The summed E-state index contributed by atoms with van der Waals surface area (Å²) >= 11 is 0. The zero-order valence-electron chi connectivity index (χ0n) is 13.5. The lowest BCUT2D eigenvalue weighted by Gasteiger charge is -2.06. The summed E-state index contributed by atoms with van der Waals surface area (Å²) < 4.78 is 0. The number of carbonyl (C=O) groups is 1. The Balaban J connectivity index is 1.96. The molecule has 2 aromatic carbocycles. The number of rotatable bonds is 5. The third-order valence-corrected chi connectivity index (χ3v) is 3.45. The predicted molar refractivity (Wildman–Crippen MR) is 93.8 cm³/mol. The fraction of sp³-hybridized carbons (Fsp3) is 0.250. The minimum Gasteiger partial charge on any atom is -0.322 e. The number of para-hydroxylation sites is 1. The topological polar surface area (TPSA) is 29.1 Å². The third-order valence-electron chi connectivity index (χ3n) is 3.45. The van der Waals surface area contributed by atoms with Crippen molar-refractivity contribution >= 4 is 17.7 Å². The van der Waals surface area contributed by atoms with Gasteiger partial charge in [0.2, 0.25) is 5.91 Å². The highest BCUT2D eigenvalue weighted by molar-refractivity contribution is 6.02. The first-order chi connectivity index (χ1) is 10.5. The lowest BCUT2D eigenvalue weighted by atomic mass is 10.0. The van der Waals surface area contributed by atoms with Gasteiger partial charge in [-0.2, -0.15) is 0 Å². The smallest absolute Gasteiger partial charge is 0.248 e. The van der Waals surface area contributed by atoms with E-state index < -0.39 is 0 Å². The molecule has 1 N–H and O–H groups in total. The first kappa shape index (κ1) is 16.0. The molecule has 0 saturated carbocycles. The van der Waals surface area contributed by atoms with Crippen LogP contribution < -0.4 is 5.32 Å². The second-order valence-electron chi connectivity index (χ2n) is 5.98. The lowest BCUT2D eigenvalue weighted by Crippen LogP contribution is -2.08. The molecule has 0 aromatic heterocycles. The maximum atomic E-state index is 12.0. The van der Waals surface area contributed by atoms with Gasteiger partial charge < -0.3 is 5.32 Å². The van der Waals surface area contributed by atoms with Crippen molar-refractivity contribution in [3.8, 4) is 0 Å². The van der Waals surface area contributed by atoms with Gasteiger partial charge in [-0.15, -0.1) is 0 Å². The quantitative estimate of drug-likeness (QED) is 0.785. The van der Waals surface area contributed by atoms with Crippen molar-refractivity contribution in [2.24, 2.45) is 5.92 Å². The standard InChI is InChI=1S/C20H23NO/c1-15(2)14-18-10-8-17(9-11-18)12-13-20(22)21-19-7-5-4-6-16(19)3/h4-13,15H,14H2,1-3H3,(H,21,22)/b13-12+. The summed E-state index contributed by atoms with van der Waals surface area (Å²) in [7, 11) is 0. The van der Waals surface area contributed by atoms with Crippen molar-refractivity contribution in [2.75, 3.05) is 5.32 Å². The highest BCUT2D eigenvalue weighted by Crippen LogP contribution is 2.14. The molecule has 0 fully saturated rings. The van der Waals surface area contributed by atoms with E-state index in [1.165, 1.54) is 5.56 Å². The molecule has 1 amide bonds. The van der Waals surface area contributed by atoms with Gasteiger partial charge in [-0.1, -0.05) is 56.3 Å². The summed E-state index contributed by atoms with van der Waals surface area (Å²) in [6.45, 7) is 6.40. The van der Waals surface area contributed by atoms with Crippen LogP contribution in [0.3, 0.4) is 0 Å². The number of aryl methyl sites for hydroxylation is 1. The number of amides is 1. The number of carbonyl (C=O) groups excluding carboxylic acids is 1. The van der Waals surface area contributed by atoms with E-state index >= 15 is 0 Å². The monoisotopic (exact) mass is 293 g/mol. The summed E-state index contributed by atoms with van der Waals surface area (Å²) in [5.41, 5.74) is 4.27. The van der Waals surface area contributed by atoms with Gasteiger partial charge in [0.1, 0.15) is 0 Å². The van der Waals surface area contributed by atoms with Crippen LogP contribution in [-0.4, -0.2) is 5.91 Å². The molecule has 0 saturated heterocycles. The second-order valence-corrected chi connectivity index (χ2v) is 5.98. The van der Waals surface area contributed by atoms with Gasteiger partial charge in [0.25, 0.3) is 0 Å². The van der Waals surface area contributed by atoms with Crippen LogP contribution in [0.15, 0.2) is 54.6 Å². The molecule has 0 unspecified atom stereocenters. The molecule has 22 heavy (non-hydrogen) atoms. The van der Waals surface area contributed by atoms with Crippen molar-refractivity contribution in [2.45, 2.75) is 27.2 Å². The molecule has 2 aromatic rings. The Morgan fingerprint density at radius 1 is 1.09 bits per heavy atom. The molecule has 0 bridgehead atoms. The van der Waals surface area contributed by atoms with Crippen molar-refractivity contribution in [3.05, 3.63) is 71.3 Å². The molecule has 0 radical (unpaired) electrons. The van der Waals surface area contributed by atoms with E-state index in [2.05, 4.69) is 43.4 Å². The zero-order valence-corrected chi connectivity index (χ0v) is 13.5. The van der Waals surface area contributed by atoms with E-state index in [1.54, 1.807) is 6.08 Å². The van der Waals surface area contributed by atoms with Crippen LogP contribution in [-0.2, 0) is 11.2 Å². The predicted octanol–water partition coefficient (Wildman–Crippen LogP) is 4.85. The average Bonchev–Trinajstić information content (AvgIpc) is 2.48. The Morgan fingerprint density at radius 2 is 1.77 bits per heavy atom. The van der Waals surface area contributed by atoms with Crippen molar-refractivity contribution in [1.29, 1.82) is 0 Å². The van der Waals surface area contributed by atoms with Crippen LogP contribution in [0, 0.1) is 12.8 Å². The van der Waals surface area contributed by atoms with Crippen molar-refractivity contribution < 1.29 is 4.79 Å². The van der Waals surface area contributed by atoms with Crippen LogP contribution >= 0.6 is 0 Å². The summed E-state index contributed by atoms with van der Waals surface area (Å²) in [6, 6.07) is 16.1. The molecule has 0 aliphatic rings. The highest BCUT2D eigenvalue weighted by Gasteiger charge is 2.01. The summed E-state index contributed by atoms with van der Waals surface area (Å²) in [4.78, 5) is 12.0. The van der Waals surface area contributed by atoms with E-state index in [4.69, 9.17) is 0 Å².